The van der Waals surface area contributed by atoms with Crippen molar-refractivity contribution in [3.8, 4) is 0 Å². The monoisotopic (exact) mass is 401 g/mol. The highest BCUT2D eigenvalue weighted by molar-refractivity contribution is 6.37. The average molecular weight is 402 g/mol. The number of hydrogen-bond donors (Lipinski definition) is 4. The molecule has 1 spiro atoms. The number of anilines is 3. The van der Waals surface area contributed by atoms with Gasteiger partial charge in [-0.1, -0.05) is 11.6 Å². The van der Waals surface area contributed by atoms with Crippen LogP contribution in [0.25, 0.3) is 0 Å². The van der Waals surface area contributed by atoms with Crippen molar-refractivity contribution < 1.29 is 5.11 Å². The Balaban J connectivity index is 1.51. The number of piperidine rings is 1. The third-order valence-corrected chi connectivity index (χ3v) is 6.43. The molecule has 1 aliphatic heterocycles. The van der Waals surface area contributed by atoms with E-state index in [1.165, 1.54) is 6.20 Å². The number of nitrogens with zero attached hydrogens (tertiary/aromatic N) is 4. The number of pyridine rings is 1. The Labute approximate surface area is 168 Å². The molecule has 2 aliphatic rings. The van der Waals surface area contributed by atoms with Crippen molar-refractivity contribution in [2.75, 3.05) is 29.5 Å². The van der Waals surface area contributed by atoms with E-state index in [4.69, 9.17) is 28.5 Å². The molecule has 1 atom stereocenters. The molecule has 9 heteroatoms. The number of aliphatic hydroxyl groups is 1. The van der Waals surface area contributed by atoms with Gasteiger partial charge in [0.05, 0.1) is 23.0 Å². The summed E-state index contributed by atoms with van der Waals surface area (Å²) >= 11 is 6.17. The normalized spacial score (nSPS) is 21.2. The number of nitrogens with two attached hydrogens (primary N) is 2. The van der Waals surface area contributed by atoms with Crippen molar-refractivity contribution in [2.24, 2.45) is 5.41 Å². The maximum Gasteiger partial charge on any atom is 0.154 e. The van der Waals surface area contributed by atoms with Gasteiger partial charge in [-0.2, -0.15) is 0 Å². The molecule has 0 amide bonds. The molecule has 4 rings (SSSR count). The topological polar surface area (TPSA) is 138 Å². The molecule has 1 saturated carbocycles. The number of hydrogen-bond acceptors (Lipinski definition) is 8. The summed E-state index contributed by atoms with van der Waals surface area (Å²) in [6, 6.07) is 1.61. The van der Waals surface area contributed by atoms with Gasteiger partial charge < -0.3 is 21.5 Å². The fourth-order valence-electron chi connectivity index (χ4n) is 4.36. The van der Waals surface area contributed by atoms with Crippen molar-refractivity contribution in [3.05, 3.63) is 34.7 Å². The van der Waals surface area contributed by atoms with Crippen LogP contribution in [-0.4, -0.2) is 45.0 Å². The average Bonchev–Trinajstić information content (AvgIpc) is 3.04. The van der Waals surface area contributed by atoms with Gasteiger partial charge in [0.2, 0.25) is 0 Å². The number of nitrogen functional groups attached to an aromatic ring is 2. The van der Waals surface area contributed by atoms with Crippen LogP contribution < -0.4 is 16.4 Å². The standard InChI is InChI=1S/C19H24ClN7O/c20-14-12(2-6-24-17(14)22)15(21)16-18(23)26-13(10-25-16)27-7-4-19(5-8-27)3-1-11(28)9-19/h2,6,10-11,21,28H,1,3-5,7-9H2,(H2,22,24)(H2,23,26). The zero-order valence-corrected chi connectivity index (χ0v) is 16.3. The first-order chi connectivity index (χ1) is 13.4. The summed E-state index contributed by atoms with van der Waals surface area (Å²) < 4.78 is 0. The van der Waals surface area contributed by atoms with Crippen LogP contribution in [0.3, 0.4) is 0 Å². The maximum atomic E-state index is 9.89. The molecule has 6 N–H and O–H groups in total. The quantitative estimate of drug-likeness (QED) is 0.578. The molecular weight excluding hydrogens is 378 g/mol. The zero-order valence-electron chi connectivity index (χ0n) is 15.5. The van der Waals surface area contributed by atoms with Crippen LogP contribution in [0.1, 0.15) is 43.4 Å². The van der Waals surface area contributed by atoms with Gasteiger partial charge in [-0.05, 0) is 43.6 Å². The second-order valence-corrected chi connectivity index (χ2v) is 8.16. The van der Waals surface area contributed by atoms with E-state index in [1.54, 1.807) is 12.3 Å². The summed E-state index contributed by atoms with van der Waals surface area (Å²) in [7, 11) is 0. The molecule has 0 radical (unpaired) electrons. The van der Waals surface area contributed by atoms with Gasteiger partial charge in [0.1, 0.15) is 17.3 Å². The van der Waals surface area contributed by atoms with E-state index in [2.05, 4.69) is 19.9 Å². The molecule has 0 bridgehead atoms. The summed E-state index contributed by atoms with van der Waals surface area (Å²) in [5, 5.41) is 18.5. The van der Waals surface area contributed by atoms with E-state index in [1.807, 2.05) is 0 Å². The van der Waals surface area contributed by atoms with E-state index in [-0.39, 0.29) is 39.6 Å². The largest absolute Gasteiger partial charge is 0.393 e. The third kappa shape index (κ3) is 3.38. The number of halogens is 1. The first kappa shape index (κ1) is 18.9. The number of nitrogens with one attached hydrogen (secondary N) is 1. The minimum Gasteiger partial charge on any atom is -0.393 e. The summed E-state index contributed by atoms with van der Waals surface area (Å²) in [5.41, 5.74) is 12.9. The Hall–Kier alpha value is -2.45. The fourth-order valence-corrected chi connectivity index (χ4v) is 4.57. The van der Waals surface area contributed by atoms with Gasteiger partial charge in [-0.15, -0.1) is 0 Å². The molecule has 1 unspecified atom stereocenters. The molecule has 0 aromatic carbocycles. The molecule has 2 aromatic rings. The predicted octanol–water partition coefficient (Wildman–Crippen LogP) is 2.24. The molecule has 8 nitrogen and oxygen atoms in total. The van der Waals surface area contributed by atoms with Crippen LogP contribution in [0, 0.1) is 10.8 Å². The first-order valence-electron chi connectivity index (χ1n) is 9.43. The molecular formula is C19H24ClN7O. The van der Waals surface area contributed by atoms with Crippen molar-refractivity contribution >= 4 is 34.8 Å². The van der Waals surface area contributed by atoms with Gasteiger partial charge in [0.25, 0.3) is 0 Å². The summed E-state index contributed by atoms with van der Waals surface area (Å²) in [6.07, 6.45) is 7.98. The molecule has 148 valence electrons. The molecule has 2 fully saturated rings. The van der Waals surface area contributed by atoms with Crippen molar-refractivity contribution in [1.29, 1.82) is 5.41 Å². The van der Waals surface area contributed by atoms with E-state index in [0.717, 1.165) is 45.2 Å². The van der Waals surface area contributed by atoms with Gasteiger partial charge in [0, 0.05) is 24.8 Å². The van der Waals surface area contributed by atoms with Crippen LogP contribution in [0.15, 0.2) is 18.5 Å². The lowest BCUT2D eigenvalue weighted by Gasteiger charge is -2.39. The van der Waals surface area contributed by atoms with Crippen LogP contribution in [0.2, 0.25) is 5.02 Å². The predicted molar refractivity (Wildman–Crippen MR) is 110 cm³/mol. The number of aliphatic hydroxyl groups excluding tert-OH is 1. The highest BCUT2D eigenvalue weighted by Crippen LogP contribution is 2.46. The summed E-state index contributed by atoms with van der Waals surface area (Å²) in [5.74, 6) is 1.06. The van der Waals surface area contributed by atoms with Gasteiger partial charge >= 0.3 is 0 Å². The second-order valence-electron chi connectivity index (χ2n) is 7.78. The van der Waals surface area contributed by atoms with E-state index in [9.17, 15) is 5.11 Å². The molecule has 2 aromatic heterocycles. The zero-order chi connectivity index (χ0) is 19.9. The van der Waals surface area contributed by atoms with Crippen molar-refractivity contribution in [1.82, 2.24) is 15.0 Å². The SMILES string of the molecule is N=C(c1ccnc(N)c1Cl)c1ncc(N2CCC3(CCC(O)C3)CC2)nc1N. The van der Waals surface area contributed by atoms with Crippen LogP contribution in [0.5, 0.6) is 0 Å². The Morgan fingerprint density at radius 2 is 1.96 bits per heavy atom. The van der Waals surface area contributed by atoms with Crippen LogP contribution in [0.4, 0.5) is 17.5 Å². The highest BCUT2D eigenvalue weighted by Gasteiger charge is 2.41. The van der Waals surface area contributed by atoms with Crippen LogP contribution >= 0.6 is 11.6 Å². The molecule has 1 aliphatic carbocycles. The Morgan fingerprint density at radius 1 is 1.21 bits per heavy atom. The smallest absolute Gasteiger partial charge is 0.154 e. The number of aromatic nitrogens is 3. The Morgan fingerprint density at radius 3 is 2.61 bits per heavy atom. The van der Waals surface area contributed by atoms with E-state index < -0.39 is 0 Å². The van der Waals surface area contributed by atoms with Gasteiger partial charge in [-0.3, -0.25) is 5.41 Å². The van der Waals surface area contributed by atoms with E-state index >= 15 is 0 Å². The highest BCUT2D eigenvalue weighted by atomic mass is 35.5. The van der Waals surface area contributed by atoms with E-state index in [0.29, 0.717) is 11.4 Å². The molecule has 28 heavy (non-hydrogen) atoms. The van der Waals surface area contributed by atoms with Gasteiger partial charge in [0.15, 0.2) is 5.82 Å². The molecule has 3 heterocycles. The Bertz CT molecular complexity index is 911. The summed E-state index contributed by atoms with van der Waals surface area (Å²) in [6.45, 7) is 1.73. The minimum absolute atomic E-state index is 0.0631. The fraction of sp³-hybridized carbons (Fsp3) is 0.474. The lowest BCUT2D eigenvalue weighted by Crippen LogP contribution is -2.39. The molecule has 1 saturated heterocycles. The Kier molecular flexibility index (Phi) is 4.84. The lowest BCUT2D eigenvalue weighted by molar-refractivity contribution is 0.144. The maximum absolute atomic E-state index is 9.89. The van der Waals surface area contributed by atoms with Crippen molar-refractivity contribution in [3.63, 3.8) is 0 Å². The van der Waals surface area contributed by atoms with Crippen molar-refractivity contribution in [2.45, 2.75) is 38.2 Å². The van der Waals surface area contributed by atoms with Crippen LogP contribution in [-0.2, 0) is 0 Å². The summed E-state index contributed by atoms with van der Waals surface area (Å²) in [4.78, 5) is 15.0. The van der Waals surface area contributed by atoms with Gasteiger partial charge in [-0.25, -0.2) is 15.0 Å². The first-order valence-corrected chi connectivity index (χ1v) is 9.81. The third-order valence-electron chi connectivity index (χ3n) is 6.03. The lowest BCUT2D eigenvalue weighted by atomic mass is 9.77. The second kappa shape index (κ2) is 7.18. The number of rotatable bonds is 3. The minimum atomic E-state index is -0.152.